The third kappa shape index (κ3) is 4.22. The molecule has 1 aliphatic rings. The molecule has 0 bridgehead atoms. The topological polar surface area (TPSA) is 42.5 Å². The van der Waals surface area contributed by atoms with Gasteiger partial charge in [0.15, 0.2) is 0 Å². The minimum absolute atomic E-state index is 0.252. The highest BCUT2D eigenvalue weighted by Gasteiger charge is 2.13. The molecule has 2 heterocycles. The van der Waals surface area contributed by atoms with Crippen LogP contribution in [0.1, 0.15) is 38.5 Å². The Morgan fingerprint density at radius 3 is 2.56 bits per heavy atom. The van der Waals surface area contributed by atoms with Crippen LogP contribution in [0.25, 0.3) is 11.3 Å². The van der Waals surface area contributed by atoms with Crippen molar-refractivity contribution >= 4 is 22.7 Å². The summed E-state index contributed by atoms with van der Waals surface area (Å²) >= 11 is 1.46. The Morgan fingerprint density at radius 2 is 1.81 bits per heavy atom. The van der Waals surface area contributed by atoms with Crippen molar-refractivity contribution in [2.24, 2.45) is 10.1 Å². The van der Waals surface area contributed by atoms with Crippen molar-refractivity contribution in [3.05, 3.63) is 64.8 Å². The molecule has 138 valence electrons. The maximum absolute atomic E-state index is 14.4. The first-order chi connectivity index (χ1) is 13.3. The summed E-state index contributed by atoms with van der Waals surface area (Å²) < 4.78 is 16.2. The Balaban J connectivity index is 1.86. The van der Waals surface area contributed by atoms with E-state index in [0.29, 0.717) is 5.56 Å². The number of nitrogens with zero attached hydrogens (tertiary/aromatic N) is 4. The highest BCUT2D eigenvalue weighted by Crippen LogP contribution is 2.24. The molecule has 4 nitrogen and oxygen atoms in total. The average Bonchev–Trinajstić information content (AvgIpc) is 2.90. The minimum atomic E-state index is -0.252. The van der Waals surface area contributed by atoms with Crippen molar-refractivity contribution in [1.29, 1.82) is 0 Å². The van der Waals surface area contributed by atoms with Crippen LogP contribution in [0.4, 0.5) is 10.1 Å². The molecule has 6 heteroatoms. The van der Waals surface area contributed by atoms with Crippen LogP contribution in [0.2, 0.25) is 0 Å². The van der Waals surface area contributed by atoms with E-state index in [9.17, 15) is 4.39 Å². The number of benzene rings is 1. The SMILES string of the molecule is Fc1ccccc1-c1csc(=Nc2cccnc2)n1N=C1CCCCCC1. The first kappa shape index (κ1) is 17.8. The zero-order valence-electron chi connectivity index (χ0n) is 15.0. The molecular formula is C21H21FN4S. The van der Waals surface area contributed by atoms with Gasteiger partial charge in [-0.2, -0.15) is 5.10 Å². The molecule has 0 N–H and O–H groups in total. The summed E-state index contributed by atoms with van der Waals surface area (Å²) in [5, 5.41) is 6.84. The standard InChI is InChI=1S/C21H21FN4S/c22-19-12-6-5-11-18(19)20-15-27-21(24-17-10-7-13-23-14-17)26(20)25-16-8-3-1-2-4-9-16/h5-7,10-15H,1-4,8-9H2. The van der Waals surface area contributed by atoms with Gasteiger partial charge < -0.3 is 0 Å². The molecule has 1 saturated carbocycles. The Morgan fingerprint density at radius 1 is 1.00 bits per heavy atom. The third-order valence-corrected chi connectivity index (χ3v) is 5.44. The van der Waals surface area contributed by atoms with E-state index in [1.165, 1.54) is 30.2 Å². The van der Waals surface area contributed by atoms with Crippen LogP contribution < -0.4 is 4.80 Å². The summed E-state index contributed by atoms with van der Waals surface area (Å²) in [6.07, 6.45) is 10.2. The number of pyridine rings is 1. The molecule has 1 aromatic carbocycles. The van der Waals surface area contributed by atoms with Crippen LogP contribution in [-0.2, 0) is 0 Å². The lowest BCUT2D eigenvalue weighted by molar-refractivity contribution is 0.629. The predicted octanol–water partition coefficient (Wildman–Crippen LogP) is 5.54. The summed E-state index contributed by atoms with van der Waals surface area (Å²) in [6, 6.07) is 10.6. The third-order valence-electron chi connectivity index (χ3n) is 4.63. The van der Waals surface area contributed by atoms with E-state index in [-0.39, 0.29) is 5.82 Å². The van der Waals surface area contributed by atoms with Crippen molar-refractivity contribution in [3.8, 4) is 11.3 Å². The Bertz CT molecular complexity index is 994. The summed E-state index contributed by atoms with van der Waals surface area (Å²) in [5.74, 6) is -0.252. The monoisotopic (exact) mass is 380 g/mol. The lowest BCUT2D eigenvalue weighted by Crippen LogP contribution is -2.14. The van der Waals surface area contributed by atoms with Crippen LogP contribution in [-0.4, -0.2) is 15.4 Å². The molecule has 4 rings (SSSR count). The summed E-state index contributed by atoms with van der Waals surface area (Å²) in [6.45, 7) is 0. The van der Waals surface area contributed by atoms with E-state index in [2.05, 4.69) is 4.98 Å². The van der Waals surface area contributed by atoms with Crippen molar-refractivity contribution in [2.45, 2.75) is 38.5 Å². The number of aromatic nitrogens is 2. The molecule has 1 aliphatic carbocycles. The fourth-order valence-corrected chi connectivity index (χ4v) is 4.08. The van der Waals surface area contributed by atoms with Gasteiger partial charge >= 0.3 is 0 Å². The molecule has 0 aliphatic heterocycles. The second-order valence-corrected chi connectivity index (χ2v) is 7.44. The van der Waals surface area contributed by atoms with E-state index in [1.807, 2.05) is 23.6 Å². The van der Waals surface area contributed by atoms with Gasteiger partial charge in [0.25, 0.3) is 0 Å². The van der Waals surface area contributed by atoms with E-state index in [4.69, 9.17) is 10.1 Å². The number of hydrogen-bond donors (Lipinski definition) is 0. The van der Waals surface area contributed by atoms with Gasteiger partial charge in [-0.3, -0.25) is 4.98 Å². The molecule has 0 radical (unpaired) electrons. The van der Waals surface area contributed by atoms with E-state index >= 15 is 0 Å². The normalized spacial score (nSPS) is 15.6. The van der Waals surface area contributed by atoms with Crippen molar-refractivity contribution in [3.63, 3.8) is 0 Å². The molecule has 0 amide bonds. The summed E-state index contributed by atoms with van der Waals surface area (Å²) in [4.78, 5) is 9.54. The van der Waals surface area contributed by atoms with Crippen LogP contribution in [0, 0.1) is 5.82 Å². The van der Waals surface area contributed by atoms with E-state index in [0.717, 1.165) is 47.6 Å². The van der Waals surface area contributed by atoms with Gasteiger partial charge in [-0.15, -0.1) is 11.3 Å². The van der Waals surface area contributed by atoms with Crippen LogP contribution in [0.15, 0.2) is 64.3 Å². The van der Waals surface area contributed by atoms with Gasteiger partial charge in [0, 0.05) is 22.9 Å². The quantitative estimate of drug-likeness (QED) is 0.550. The molecular weight excluding hydrogens is 359 g/mol. The van der Waals surface area contributed by atoms with Crippen molar-refractivity contribution in [1.82, 2.24) is 9.66 Å². The highest BCUT2D eigenvalue weighted by molar-refractivity contribution is 7.07. The molecule has 1 fully saturated rings. The van der Waals surface area contributed by atoms with Gasteiger partial charge in [-0.05, 0) is 49.9 Å². The van der Waals surface area contributed by atoms with Crippen molar-refractivity contribution < 1.29 is 4.39 Å². The van der Waals surface area contributed by atoms with Gasteiger partial charge in [-0.1, -0.05) is 25.0 Å². The molecule has 0 saturated heterocycles. The van der Waals surface area contributed by atoms with E-state index in [1.54, 1.807) is 29.2 Å². The van der Waals surface area contributed by atoms with Gasteiger partial charge in [-0.25, -0.2) is 14.1 Å². The zero-order chi connectivity index (χ0) is 18.5. The highest BCUT2D eigenvalue weighted by atomic mass is 32.1. The first-order valence-electron chi connectivity index (χ1n) is 9.28. The fourth-order valence-electron chi connectivity index (χ4n) is 3.24. The number of hydrogen-bond acceptors (Lipinski definition) is 4. The second-order valence-electron chi connectivity index (χ2n) is 6.60. The van der Waals surface area contributed by atoms with E-state index < -0.39 is 0 Å². The average molecular weight is 380 g/mol. The maximum Gasteiger partial charge on any atom is 0.211 e. The maximum atomic E-state index is 14.4. The minimum Gasteiger partial charge on any atom is -0.262 e. The fraction of sp³-hybridized carbons (Fsp3) is 0.286. The van der Waals surface area contributed by atoms with Crippen LogP contribution in [0.5, 0.6) is 0 Å². The summed E-state index contributed by atoms with van der Waals surface area (Å²) in [7, 11) is 0. The van der Waals surface area contributed by atoms with Crippen LogP contribution >= 0.6 is 11.3 Å². The van der Waals surface area contributed by atoms with Crippen molar-refractivity contribution in [2.75, 3.05) is 0 Å². The zero-order valence-corrected chi connectivity index (χ0v) is 15.8. The lowest BCUT2D eigenvalue weighted by Gasteiger charge is -2.08. The largest absolute Gasteiger partial charge is 0.262 e. The first-order valence-corrected chi connectivity index (χ1v) is 10.2. The molecule has 3 aromatic rings. The van der Waals surface area contributed by atoms with Gasteiger partial charge in [0.05, 0.1) is 17.6 Å². The number of thiazole rings is 1. The predicted molar refractivity (Wildman–Crippen MR) is 108 cm³/mol. The molecule has 0 atom stereocenters. The smallest absolute Gasteiger partial charge is 0.211 e. The second kappa shape index (κ2) is 8.39. The molecule has 2 aromatic heterocycles. The van der Waals surface area contributed by atoms with Gasteiger partial charge in [0.1, 0.15) is 5.82 Å². The summed E-state index contributed by atoms with van der Waals surface area (Å²) in [5.41, 5.74) is 3.20. The number of rotatable bonds is 3. The molecule has 27 heavy (non-hydrogen) atoms. The Kier molecular flexibility index (Phi) is 5.53. The Labute approximate surface area is 161 Å². The van der Waals surface area contributed by atoms with Crippen LogP contribution in [0.3, 0.4) is 0 Å². The number of halogens is 1. The van der Waals surface area contributed by atoms with Gasteiger partial charge in [0.2, 0.25) is 4.80 Å². The molecule has 0 unspecified atom stereocenters. The Hall–Kier alpha value is -2.60. The molecule has 0 spiro atoms. The lowest BCUT2D eigenvalue weighted by atomic mass is 10.1.